The fourth-order valence-corrected chi connectivity index (χ4v) is 3.84. The molecule has 0 bridgehead atoms. The monoisotopic (exact) mass is 404 g/mol. The minimum Gasteiger partial charge on any atom is -0.493 e. The van der Waals surface area contributed by atoms with Crippen LogP contribution in [-0.4, -0.2) is 57.7 Å². The van der Waals surface area contributed by atoms with Gasteiger partial charge in [0.05, 0.1) is 25.7 Å². The molecular formula is C22H36N4O3. The molecule has 1 aromatic rings. The van der Waals surface area contributed by atoms with Gasteiger partial charge in [0.25, 0.3) is 0 Å². The molecule has 2 rings (SSSR count). The Kier molecular flexibility index (Phi) is 8.61. The van der Waals surface area contributed by atoms with E-state index in [1.165, 1.54) is 0 Å². The van der Waals surface area contributed by atoms with Crippen LogP contribution >= 0.6 is 0 Å². The van der Waals surface area contributed by atoms with E-state index < -0.39 is 0 Å². The molecule has 0 aromatic heterocycles. The lowest BCUT2D eigenvalue weighted by Crippen LogP contribution is -2.49. The van der Waals surface area contributed by atoms with Crippen LogP contribution in [0.25, 0.3) is 0 Å². The quantitative estimate of drug-likeness (QED) is 0.489. The van der Waals surface area contributed by atoms with E-state index in [9.17, 15) is 4.79 Å². The van der Waals surface area contributed by atoms with Crippen LogP contribution in [0.5, 0.6) is 11.5 Å². The maximum absolute atomic E-state index is 12.8. The predicted molar refractivity (Wildman–Crippen MR) is 117 cm³/mol. The highest BCUT2D eigenvalue weighted by molar-refractivity contribution is 5.85. The van der Waals surface area contributed by atoms with Crippen LogP contribution < -0.4 is 20.1 Å². The van der Waals surface area contributed by atoms with Crippen LogP contribution in [0.4, 0.5) is 0 Å². The summed E-state index contributed by atoms with van der Waals surface area (Å²) in [7, 11) is 5.31. The van der Waals surface area contributed by atoms with Crippen LogP contribution in [0.1, 0.15) is 45.1 Å². The number of rotatable bonds is 9. The molecule has 1 fully saturated rings. The summed E-state index contributed by atoms with van der Waals surface area (Å²) in [5.74, 6) is 2.37. The van der Waals surface area contributed by atoms with E-state index in [-0.39, 0.29) is 11.3 Å². The van der Waals surface area contributed by atoms with Crippen molar-refractivity contribution in [3.8, 4) is 11.5 Å². The number of carbonyl (C=O) groups excluding carboxylic acids is 1. The fourth-order valence-electron chi connectivity index (χ4n) is 3.84. The summed E-state index contributed by atoms with van der Waals surface area (Å²) < 4.78 is 11.0. The van der Waals surface area contributed by atoms with Gasteiger partial charge in [-0.05, 0) is 44.4 Å². The van der Waals surface area contributed by atoms with Crippen molar-refractivity contribution < 1.29 is 14.3 Å². The Bertz CT molecular complexity index is 697. The summed E-state index contributed by atoms with van der Waals surface area (Å²) in [6.07, 6.45) is 4.04. The second kappa shape index (κ2) is 10.9. The molecule has 1 saturated carbocycles. The zero-order valence-electron chi connectivity index (χ0n) is 18.5. The zero-order chi connectivity index (χ0) is 21.3. The van der Waals surface area contributed by atoms with Crippen molar-refractivity contribution in [3.63, 3.8) is 0 Å². The Morgan fingerprint density at radius 2 is 1.90 bits per heavy atom. The van der Waals surface area contributed by atoms with Gasteiger partial charge in [0.2, 0.25) is 5.91 Å². The van der Waals surface area contributed by atoms with Gasteiger partial charge >= 0.3 is 0 Å². The normalized spacial score (nSPS) is 15.7. The van der Waals surface area contributed by atoms with Crippen molar-refractivity contribution >= 4 is 11.9 Å². The average Bonchev–Trinajstić information content (AvgIpc) is 3.20. The average molecular weight is 405 g/mol. The number of hydrogen-bond acceptors (Lipinski definition) is 4. The standard InChI is InChI=1S/C22H36N4O3/c1-6-23-21(25-16-22(12-8-9-13-22)20(27)26(3)4)24-15-17-10-11-18(29-7-2)19(14-17)28-5/h10-11,14H,6-9,12-13,15-16H2,1-5H3,(H2,23,24,25). The summed E-state index contributed by atoms with van der Waals surface area (Å²) in [6, 6.07) is 5.86. The van der Waals surface area contributed by atoms with Gasteiger partial charge in [-0.3, -0.25) is 4.79 Å². The molecule has 1 aliphatic rings. The number of guanidine groups is 1. The van der Waals surface area contributed by atoms with Crippen molar-refractivity contribution in [2.24, 2.45) is 10.4 Å². The molecular weight excluding hydrogens is 368 g/mol. The third-order valence-electron chi connectivity index (χ3n) is 5.31. The van der Waals surface area contributed by atoms with Gasteiger partial charge in [-0.25, -0.2) is 4.99 Å². The second-order valence-electron chi connectivity index (χ2n) is 7.65. The first-order chi connectivity index (χ1) is 14.0. The van der Waals surface area contributed by atoms with E-state index >= 15 is 0 Å². The molecule has 7 heteroatoms. The molecule has 1 amide bonds. The van der Waals surface area contributed by atoms with E-state index in [2.05, 4.69) is 10.6 Å². The summed E-state index contributed by atoms with van der Waals surface area (Å²) >= 11 is 0. The predicted octanol–water partition coefficient (Wildman–Crippen LogP) is 2.80. The molecule has 0 heterocycles. The molecule has 0 saturated heterocycles. The van der Waals surface area contributed by atoms with Gasteiger partial charge in [0.1, 0.15) is 0 Å². The molecule has 0 atom stereocenters. The number of nitrogens with zero attached hydrogens (tertiary/aromatic N) is 2. The fraction of sp³-hybridized carbons (Fsp3) is 0.636. The SMILES string of the molecule is CCNC(=NCc1ccc(OCC)c(OC)c1)NCC1(C(=O)N(C)C)CCCC1. The van der Waals surface area contributed by atoms with Gasteiger partial charge in [0.15, 0.2) is 17.5 Å². The highest BCUT2D eigenvalue weighted by Crippen LogP contribution is 2.38. The van der Waals surface area contributed by atoms with Crippen LogP contribution in [0.3, 0.4) is 0 Å². The minimum absolute atomic E-state index is 0.203. The number of benzene rings is 1. The Morgan fingerprint density at radius 1 is 1.17 bits per heavy atom. The lowest BCUT2D eigenvalue weighted by atomic mass is 9.84. The highest BCUT2D eigenvalue weighted by Gasteiger charge is 2.42. The van der Waals surface area contributed by atoms with Gasteiger partial charge in [-0.1, -0.05) is 18.9 Å². The van der Waals surface area contributed by atoms with Crippen LogP contribution in [0.2, 0.25) is 0 Å². The van der Waals surface area contributed by atoms with Crippen molar-refractivity contribution in [1.82, 2.24) is 15.5 Å². The highest BCUT2D eigenvalue weighted by atomic mass is 16.5. The van der Waals surface area contributed by atoms with E-state index in [0.29, 0.717) is 25.4 Å². The Labute approximate surface area is 174 Å². The Morgan fingerprint density at radius 3 is 2.48 bits per heavy atom. The first kappa shape index (κ1) is 22.8. The molecule has 162 valence electrons. The molecule has 1 aromatic carbocycles. The van der Waals surface area contributed by atoms with Gasteiger partial charge in [-0.2, -0.15) is 0 Å². The summed E-state index contributed by atoms with van der Waals surface area (Å²) in [5, 5.41) is 6.69. The number of amides is 1. The second-order valence-corrected chi connectivity index (χ2v) is 7.65. The van der Waals surface area contributed by atoms with Crippen LogP contribution in [0, 0.1) is 5.41 Å². The van der Waals surface area contributed by atoms with Crippen molar-refractivity contribution in [2.75, 3.05) is 40.9 Å². The number of aliphatic imine (C=N–C) groups is 1. The molecule has 2 N–H and O–H groups in total. The third-order valence-corrected chi connectivity index (χ3v) is 5.31. The topological polar surface area (TPSA) is 75.2 Å². The number of methoxy groups -OCH3 is 1. The van der Waals surface area contributed by atoms with Gasteiger partial charge in [0, 0.05) is 27.2 Å². The molecule has 29 heavy (non-hydrogen) atoms. The maximum Gasteiger partial charge on any atom is 0.230 e. The van der Waals surface area contributed by atoms with E-state index in [1.807, 2.05) is 46.1 Å². The zero-order valence-corrected chi connectivity index (χ0v) is 18.5. The van der Waals surface area contributed by atoms with Crippen LogP contribution in [0.15, 0.2) is 23.2 Å². The Balaban J connectivity index is 2.08. The molecule has 7 nitrogen and oxygen atoms in total. The summed E-state index contributed by atoms with van der Waals surface area (Å²) in [4.78, 5) is 19.2. The number of carbonyl (C=O) groups is 1. The van der Waals surface area contributed by atoms with Gasteiger partial charge in [-0.15, -0.1) is 0 Å². The number of ether oxygens (including phenoxy) is 2. The smallest absolute Gasteiger partial charge is 0.230 e. The van der Waals surface area contributed by atoms with Crippen molar-refractivity contribution in [3.05, 3.63) is 23.8 Å². The number of hydrogen-bond donors (Lipinski definition) is 2. The lowest BCUT2D eigenvalue weighted by Gasteiger charge is -2.31. The molecule has 1 aliphatic carbocycles. The van der Waals surface area contributed by atoms with E-state index in [4.69, 9.17) is 14.5 Å². The molecule has 0 unspecified atom stereocenters. The first-order valence-corrected chi connectivity index (χ1v) is 10.5. The third kappa shape index (κ3) is 6.02. The summed E-state index contributed by atoms with van der Waals surface area (Å²) in [5.41, 5.74) is 0.699. The van der Waals surface area contributed by atoms with Crippen LogP contribution in [-0.2, 0) is 11.3 Å². The minimum atomic E-state index is -0.331. The first-order valence-electron chi connectivity index (χ1n) is 10.5. The Hall–Kier alpha value is -2.44. The molecule has 0 spiro atoms. The van der Waals surface area contributed by atoms with Crippen molar-refractivity contribution in [1.29, 1.82) is 0 Å². The van der Waals surface area contributed by atoms with Gasteiger partial charge < -0.3 is 25.0 Å². The largest absolute Gasteiger partial charge is 0.493 e. The molecule has 0 aliphatic heterocycles. The van der Waals surface area contributed by atoms with E-state index in [1.54, 1.807) is 12.0 Å². The van der Waals surface area contributed by atoms with Crippen molar-refractivity contribution in [2.45, 2.75) is 46.1 Å². The van der Waals surface area contributed by atoms with E-state index in [0.717, 1.165) is 49.5 Å². The number of nitrogens with one attached hydrogen (secondary N) is 2. The lowest BCUT2D eigenvalue weighted by molar-refractivity contribution is -0.138. The molecule has 0 radical (unpaired) electrons. The maximum atomic E-state index is 12.8. The summed E-state index contributed by atoms with van der Waals surface area (Å²) in [6.45, 7) is 6.44.